The predicted octanol–water partition coefficient (Wildman–Crippen LogP) is 2.03. The van der Waals surface area contributed by atoms with Crippen molar-refractivity contribution in [2.24, 2.45) is 0 Å². The number of furan rings is 1. The summed E-state index contributed by atoms with van der Waals surface area (Å²) in [6, 6.07) is 4.82. The predicted molar refractivity (Wildman–Crippen MR) is 65.4 cm³/mol. The largest absolute Gasteiger partial charge is 0.465 e. The lowest BCUT2D eigenvalue weighted by atomic mass is 10.1. The zero-order valence-corrected chi connectivity index (χ0v) is 10.3. The van der Waals surface area contributed by atoms with Crippen LogP contribution in [0.25, 0.3) is 0 Å². The molecule has 90 valence electrons. The summed E-state index contributed by atoms with van der Waals surface area (Å²) in [6.45, 7) is 5.40. The molecule has 0 radical (unpaired) electrons. The van der Waals surface area contributed by atoms with Gasteiger partial charge in [-0.15, -0.1) is 0 Å². The number of hydrogen-bond acceptors (Lipinski definition) is 3. The maximum absolute atomic E-state index is 5.67. The lowest BCUT2D eigenvalue weighted by Crippen LogP contribution is -2.40. The van der Waals surface area contributed by atoms with E-state index in [1.807, 2.05) is 0 Å². The second-order valence-electron chi connectivity index (χ2n) is 4.68. The monoisotopic (exact) mass is 222 g/mol. The van der Waals surface area contributed by atoms with Crippen LogP contribution in [0.3, 0.4) is 0 Å². The van der Waals surface area contributed by atoms with E-state index < -0.39 is 0 Å². The molecule has 0 saturated carbocycles. The van der Waals surface area contributed by atoms with Gasteiger partial charge in [-0.2, -0.15) is 0 Å². The van der Waals surface area contributed by atoms with Crippen molar-refractivity contribution in [2.45, 2.75) is 38.8 Å². The van der Waals surface area contributed by atoms with Gasteiger partial charge in [0.15, 0.2) is 0 Å². The molecule has 16 heavy (non-hydrogen) atoms. The van der Waals surface area contributed by atoms with E-state index in [9.17, 15) is 0 Å². The number of nitrogens with one attached hydrogen (secondary N) is 1. The number of rotatable bonds is 4. The van der Waals surface area contributed by atoms with E-state index in [0.29, 0.717) is 6.04 Å². The highest BCUT2D eigenvalue weighted by molar-refractivity contribution is 5.06. The average Bonchev–Trinajstić information content (AvgIpc) is 2.76. The Morgan fingerprint density at radius 2 is 2.00 bits per heavy atom. The van der Waals surface area contributed by atoms with Crippen molar-refractivity contribution < 1.29 is 4.42 Å². The zero-order valence-electron chi connectivity index (χ0n) is 10.3. The normalized spacial score (nSPS) is 19.1. The Balaban J connectivity index is 1.74. The first kappa shape index (κ1) is 11.7. The van der Waals surface area contributed by atoms with Crippen LogP contribution < -0.4 is 5.32 Å². The van der Waals surface area contributed by atoms with Crippen molar-refractivity contribution in [3.63, 3.8) is 0 Å². The average molecular weight is 222 g/mol. The van der Waals surface area contributed by atoms with Gasteiger partial charge in [0, 0.05) is 12.5 Å². The van der Waals surface area contributed by atoms with E-state index in [2.05, 4.69) is 36.3 Å². The molecule has 1 aliphatic heterocycles. The summed E-state index contributed by atoms with van der Waals surface area (Å²) in [7, 11) is 2.19. The molecule has 0 unspecified atom stereocenters. The standard InChI is InChI=1S/C13H22N2O/c1-3-12-4-5-13(16-12)10-14-11-6-8-15(2)9-7-11/h4-5,11,14H,3,6-10H2,1-2H3. The Labute approximate surface area is 97.8 Å². The maximum atomic E-state index is 5.67. The molecule has 1 aromatic heterocycles. The molecule has 0 aliphatic carbocycles. The Bertz CT molecular complexity index is 313. The van der Waals surface area contributed by atoms with Gasteiger partial charge in [-0.05, 0) is 45.1 Å². The van der Waals surface area contributed by atoms with Crippen molar-refractivity contribution >= 4 is 0 Å². The lowest BCUT2D eigenvalue weighted by molar-refractivity contribution is 0.231. The van der Waals surface area contributed by atoms with Crippen molar-refractivity contribution in [3.8, 4) is 0 Å². The summed E-state index contributed by atoms with van der Waals surface area (Å²) < 4.78 is 5.67. The van der Waals surface area contributed by atoms with Crippen LogP contribution in [-0.4, -0.2) is 31.1 Å². The van der Waals surface area contributed by atoms with E-state index >= 15 is 0 Å². The SMILES string of the molecule is CCc1ccc(CNC2CCN(C)CC2)o1. The fourth-order valence-electron chi connectivity index (χ4n) is 2.16. The van der Waals surface area contributed by atoms with Gasteiger partial charge in [-0.1, -0.05) is 6.92 Å². The van der Waals surface area contributed by atoms with Crippen molar-refractivity contribution in [2.75, 3.05) is 20.1 Å². The molecule has 2 rings (SSSR count). The molecule has 0 bridgehead atoms. The van der Waals surface area contributed by atoms with Crippen LogP contribution in [0.15, 0.2) is 16.5 Å². The highest BCUT2D eigenvalue weighted by Crippen LogP contribution is 2.11. The summed E-state index contributed by atoms with van der Waals surface area (Å²) >= 11 is 0. The van der Waals surface area contributed by atoms with Gasteiger partial charge < -0.3 is 14.6 Å². The Hall–Kier alpha value is -0.800. The second kappa shape index (κ2) is 5.51. The molecule has 0 atom stereocenters. The van der Waals surface area contributed by atoms with Gasteiger partial charge in [0.05, 0.1) is 6.54 Å². The smallest absolute Gasteiger partial charge is 0.117 e. The van der Waals surface area contributed by atoms with E-state index in [0.717, 1.165) is 24.5 Å². The van der Waals surface area contributed by atoms with Crippen molar-refractivity contribution in [1.82, 2.24) is 10.2 Å². The maximum Gasteiger partial charge on any atom is 0.117 e. The van der Waals surface area contributed by atoms with Crippen molar-refractivity contribution in [1.29, 1.82) is 0 Å². The van der Waals surface area contributed by atoms with E-state index in [-0.39, 0.29) is 0 Å². The van der Waals surface area contributed by atoms with E-state index in [4.69, 9.17) is 4.42 Å². The molecule has 0 spiro atoms. The van der Waals surface area contributed by atoms with Gasteiger partial charge >= 0.3 is 0 Å². The highest BCUT2D eigenvalue weighted by Gasteiger charge is 2.16. The minimum atomic E-state index is 0.659. The molecule has 0 amide bonds. The first-order valence-electron chi connectivity index (χ1n) is 6.27. The summed E-state index contributed by atoms with van der Waals surface area (Å²) in [6.07, 6.45) is 3.48. The number of nitrogens with zero attached hydrogens (tertiary/aromatic N) is 1. The first-order valence-corrected chi connectivity index (χ1v) is 6.27. The third-order valence-corrected chi connectivity index (χ3v) is 3.35. The number of hydrogen-bond donors (Lipinski definition) is 1. The van der Waals surface area contributed by atoms with Crippen LogP contribution >= 0.6 is 0 Å². The van der Waals surface area contributed by atoms with Crippen molar-refractivity contribution in [3.05, 3.63) is 23.7 Å². The molecule has 2 heterocycles. The number of aryl methyl sites for hydroxylation is 1. The summed E-state index contributed by atoms with van der Waals surface area (Å²) in [5.41, 5.74) is 0. The Morgan fingerprint density at radius 3 is 2.62 bits per heavy atom. The molecule has 3 heteroatoms. The molecular weight excluding hydrogens is 200 g/mol. The quantitative estimate of drug-likeness (QED) is 0.845. The van der Waals surface area contributed by atoms with Crippen LogP contribution in [0.1, 0.15) is 31.3 Å². The Kier molecular flexibility index (Phi) is 4.02. The Morgan fingerprint density at radius 1 is 1.31 bits per heavy atom. The number of likely N-dealkylation sites (tertiary alicyclic amines) is 1. The molecule has 1 aromatic rings. The fourth-order valence-corrected chi connectivity index (χ4v) is 2.16. The van der Waals surface area contributed by atoms with Crippen LogP contribution in [0.2, 0.25) is 0 Å². The molecule has 1 saturated heterocycles. The van der Waals surface area contributed by atoms with Gasteiger partial charge in [-0.3, -0.25) is 0 Å². The van der Waals surface area contributed by atoms with E-state index in [1.165, 1.54) is 25.9 Å². The highest BCUT2D eigenvalue weighted by atomic mass is 16.3. The zero-order chi connectivity index (χ0) is 11.4. The van der Waals surface area contributed by atoms with Crippen LogP contribution in [0.5, 0.6) is 0 Å². The third kappa shape index (κ3) is 3.09. The lowest BCUT2D eigenvalue weighted by Gasteiger charge is -2.29. The second-order valence-corrected chi connectivity index (χ2v) is 4.68. The fraction of sp³-hybridized carbons (Fsp3) is 0.692. The van der Waals surface area contributed by atoms with Crippen LogP contribution in [0, 0.1) is 0 Å². The molecule has 0 aromatic carbocycles. The topological polar surface area (TPSA) is 28.4 Å². The van der Waals surface area contributed by atoms with E-state index in [1.54, 1.807) is 0 Å². The summed E-state index contributed by atoms with van der Waals surface area (Å²) in [4.78, 5) is 2.39. The minimum absolute atomic E-state index is 0.659. The van der Waals surface area contributed by atoms with Crippen LogP contribution in [0.4, 0.5) is 0 Å². The summed E-state index contributed by atoms with van der Waals surface area (Å²) in [5, 5.41) is 3.58. The van der Waals surface area contributed by atoms with Crippen LogP contribution in [-0.2, 0) is 13.0 Å². The first-order chi connectivity index (χ1) is 7.78. The minimum Gasteiger partial charge on any atom is -0.465 e. The van der Waals surface area contributed by atoms with Gasteiger partial charge in [0.25, 0.3) is 0 Å². The summed E-state index contributed by atoms with van der Waals surface area (Å²) in [5.74, 6) is 2.15. The molecule has 3 nitrogen and oxygen atoms in total. The molecule has 1 N–H and O–H groups in total. The molecular formula is C13H22N2O. The molecule has 1 aliphatic rings. The molecule has 1 fully saturated rings. The third-order valence-electron chi connectivity index (χ3n) is 3.35. The number of piperidine rings is 1. The van der Waals surface area contributed by atoms with Gasteiger partial charge in [0.1, 0.15) is 11.5 Å². The van der Waals surface area contributed by atoms with Gasteiger partial charge in [0.2, 0.25) is 0 Å². The van der Waals surface area contributed by atoms with Gasteiger partial charge in [-0.25, -0.2) is 0 Å².